The molecule has 22 heavy (non-hydrogen) atoms. The first-order valence-corrected chi connectivity index (χ1v) is 7.41. The van der Waals surface area contributed by atoms with Crippen LogP contribution >= 0.6 is 11.6 Å². The molecule has 0 saturated heterocycles. The standard InChI is InChI=1S/C17H16ClN3O/c1-11-13(18)6-5-8-14(11)20-17(22)10-21-12(2)19-15-7-3-4-9-16(15)21/h3-9H,10H2,1-2H3,(H,20,22). The highest BCUT2D eigenvalue weighted by Gasteiger charge is 2.12. The third kappa shape index (κ3) is 2.70. The van der Waals surface area contributed by atoms with Gasteiger partial charge in [-0.25, -0.2) is 4.98 Å². The lowest BCUT2D eigenvalue weighted by Gasteiger charge is -2.11. The number of nitrogens with zero attached hydrogens (tertiary/aromatic N) is 2. The van der Waals surface area contributed by atoms with E-state index in [2.05, 4.69) is 10.3 Å². The lowest BCUT2D eigenvalue weighted by atomic mass is 10.2. The molecule has 112 valence electrons. The van der Waals surface area contributed by atoms with Gasteiger partial charge < -0.3 is 9.88 Å². The Labute approximate surface area is 133 Å². The van der Waals surface area contributed by atoms with Crippen molar-refractivity contribution < 1.29 is 4.79 Å². The quantitative estimate of drug-likeness (QED) is 0.796. The summed E-state index contributed by atoms with van der Waals surface area (Å²) >= 11 is 6.08. The zero-order valence-electron chi connectivity index (χ0n) is 12.4. The summed E-state index contributed by atoms with van der Waals surface area (Å²) in [6.07, 6.45) is 0. The molecule has 4 nitrogen and oxygen atoms in total. The largest absolute Gasteiger partial charge is 0.324 e. The minimum atomic E-state index is -0.100. The second kappa shape index (κ2) is 5.81. The maximum Gasteiger partial charge on any atom is 0.244 e. The molecule has 1 aromatic heterocycles. The molecule has 2 aromatic carbocycles. The summed E-state index contributed by atoms with van der Waals surface area (Å²) in [6, 6.07) is 13.3. The topological polar surface area (TPSA) is 46.9 Å². The van der Waals surface area contributed by atoms with Gasteiger partial charge in [0.1, 0.15) is 12.4 Å². The van der Waals surface area contributed by atoms with Gasteiger partial charge in [0, 0.05) is 10.7 Å². The number of rotatable bonds is 3. The number of aryl methyl sites for hydroxylation is 1. The van der Waals surface area contributed by atoms with Gasteiger partial charge in [0.15, 0.2) is 0 Å². The van der Waals surface area contributed by atoms with E-state index in [1.807, 2.05) is 54.8 Å². The van der Waals surface area contributed by atoms with E-state index in [9.17, 15) is 4.79 Å². The molecule has 0 saturated carbocycles. The number of aromatic nitrogens is 2. The lowest BCUT2D eigenvalue weighted by molar-refractivity contribution is -0.116. The van der Waals surface area contributed by atoms with Gasteiger partial charge >= 0.3 is 0 Å². The molecule has 1 heterocycles. The Kier molecular flexibility index (Phi) is 3.86. The van der Waals surface area contributed by atoms with Crippen molar-refractivity contribution in [1.82, 2.24) is 9.55 Å². The molecular formula is C17H16ClN3O. The van der Waals surface area contributed by atoms with Crippen LogP contribution in [0.1, 0.15) is 11.4 Å². The van der Waals surface area contributed by atoms with Crippen LogP contribution in [0.4, 0.5) is 5.69 Å². The van der Waals surface area contributed by atoms with Gasteiger partial charge in [0.05, 0.1) is 11.0 Å². The molecule has 1 N–H and O–H groups in total. The molecule has 3 aromatic rings. The number of fused-ring (bicyclic) bond motifs is 1. The fourth-order valence-electron chi connectivity index (χ4n) is 2.47. The van der Waals surface area contributed by atoms with Gasteiger partial charge in [-0.2, -0.15) is 0 Å². The molecule has 0 aliphatic carbocycles. The maximum atomic E-state index is 12.3. The maximum absolute atomic E-state index is 12.3. The minimum Gasteiger partial charge on any atom is -0.324 e. The Hall–Kier alpha value is -2.33. The highest BCUT2D eigenvalue weighted by Crippen LogP contribution is 2.23. The third-order valence-electron chi connectivity index (χ3n) is 3.69. The number of carbonyl (C=O) groups is 1. The molecule has 1 amide bonds. The number of carbonyl (C=O) groups excluding carboxylic acids is 1. The van der Waals surface area contributed by atoms with Crippen molar-refractivity contribution in [1.29, 1.82) is 0 Å². The summed E-state index contributed by atoms with van der Waals surface area (Å²) < 4.78 is 1.91. The molecule has 3 rings (SSSR count). The van der Waals surface area contributed by atoms with E-state index < -0.39 is 0 Å². The van der Waals surface area contributed by atoms with Crippen LogP contribution in [0.2, 0.25) is 5.02 Å². The number of anilines is 1. The fourth-order valence-corrected chi connectivity index (χ4v) is 2.65. The SMILES string of the molecule is Cc1c(Cl)cccc1NC(=O)Cn1c(C)nc2ccccc21. The van der Waals surface area contributed by atoms with Crippen molar-refractivity contribution in [3.8, 4) is 0 Å². The van der Waals surface area contributed by atoms with Gasteiger partial charge in [0.25, 0.3) is 0 Å². The fraction of sp³-hybridized carbons (Fsp3) is 0.176. The van der Waals surface area contributed by atoms with Gasteiger partial charge in [-0.15, -0.1) is 0 Å². The molecule has 0 unspecified atom stereocenters. The number of imidazole rings is 1. The summed E-state index contributed by atoms with van der Waals surface area (Å²) in [5.74, 6) is 0.718. The van der Waals surface area contributed by atoms with Gasteiger partial charge in [-0.3, -0.25) is 4.79 Å². The van der Waals surface area contributed by atoms with Crippen molar-refractivity contribution in [3.05, 3.63) is 58.9 Å². The zero-order chi connectivity index (χ0) is 15.7. The number of para-hydroxylation sites is 2. The molecule has 0 radical (unpaired) electrons. The number of amides is 1. The Balaban J connectivity index is 1.84. The van der Waals surface area contributed by atoms with Crippen LogP contribution in [0.5, 0.6) is 0 Å². The van der Waals surface area contributed by atoms with Crippen LogP contribution in [0.25, 0.3) is 11.0 Å². The van der Waals surface area contributed by atoms with Gasteiger partial charge in [-0.1, -0.05) is 29.8 Å². The van der Waals surface area contributed by atoms with Gasteiger partial charge in [0.2, 0.25) is 5.91 Å². The first-order chi connectivity index (χ1) is 10.6. The predicted molar refractivity (Wildman–Crippen MR) is 89.3 cm³/mol. The van der Waals surface area contributed by atoms with Crippen LogP contribution in [0, 0.1) is 13.8 Å². The number of benzene rings is 2. The normalized spacial score (nSPS) is 10.9. The number of halogens is 1. The second-order valence-corrected chi connectivity index (χ2v) is 5.60. The summed E-state index contributed by atoms with van der Waals surface area (Å²) in [5.41, 5.74) is 3.45. The molecule has 0 aliphatic heterocycles. The average Bonchev–Trinajstić information content (AvgIpc) is 2.80. The van der Waals surface area contributed by atoms with Crippen molar-refractivity contribution in [2.75, 3.05) is 5.32 Å². The summed E-state index contributed by atoms with van der Waals surface area (Å²) in [4.78, 5) is 16.8. The van der Waals surface area contributed by atoms with E-state index in [1.165, 1.54) is 0 Å². The lowest BCUT2D eigenvalue weighted by Crippen LogP contribution is -2.20. The predicted octanol–water partition coefficient (Wildman–Crippen LogP) is 3.95. The van der Waals surface area contributed by atoms with Crippen molar-refractivity contribution in [2.24, 2.45) is 0 Å². The van der Waals surface area contributed by atoms with Crippen molar-refractivity contribution in [2.45, 2.75) is 20.4 Å². The molecule has 5 heteroatoms. The monoisotopic (exact) mass is 313 g/mol. The van der Waals surface area contributed by atoms with Crippen molar-refractivity contribution in [3.63, 3.8) is 0 Å². The smallest absolute Gasteiger partial charge is 0.244 e. The van der Waals surface area contributed by atoms with Crippen LogP contribution in [-0.2, 0) is 11.3 Å². The first kappa shape index (κ1) is 14.6. The summed E-state index contributed by atoms with van der Waals surface area (Å²) in [6.45, 7) is 4.01. The van der Waals surface area contributed by atoms with E-state index in [1.54, 1.807) is 6.07 Å². The number of hydrogen-bond acceptors (Lipinski definition) is 2. The van der Waals surface area contributed by atoms with Crippen LogP contribution < -0.4 is 5.32 Å². The van der Waals surface area contributed by atoms with Crippen LogP contribution in [-0.4, -0.2) is 15.5 Å². The molecule has 0 fully saturated rings. The summed E-state index contributed by atoms with van der Waals surface area (Å²) in [7, 11) is 0. The Bertz CT molecular complexity index is 854. The molecule has 0 bridgehead atoms. The molecule has 0 spiro atoms. The number of nitrogens with one attached hydrogen (secondary N) is 1. The Morgan fingerprint density at radius 2 is 1.95 bits per heavy atom. The molecule has 0 aliphatic rings. The highest BCUT2D eigenvalue weighted by molar-refractivity contribution is 6.31. The van der Waals surface area contributed by atoms with E-state index in [0.29, 0.717) is 5.02 Å². The molecule has 0 atom stereocenters. The first-order valence-electron chi connectivity index (χ1n) is 7.03. The average molecular weight is 314 g/mol. The van der Waals surface area contributed by atoms with E-state index >= 15 is 0 Å². The third-order valence-corrected chi connectivity index (χ3v) is 4.10. The highest BCUT2D eigenvalue weighted by atomic mass is 35.5. The van der Waals surface area contributed by atoms with Crippen LogP contribution in [0.3, 0.4) is 0 Å². The Morgan fingerprint density at radius 1 is 1.18 bits per heavy atom. The minimum absolute atomic E-state index is 0.100. The summed E-state index contributed by atoms with van der Waals surface area (Å²) in [5, 5.41) is 3.55. The zero-order valence-corrected chi connectivity index (χ0v) is 13.2. The number of hydrogen-bond donors (Lipinski definition) is 1. The van der Waals surface area contributed by atoms with Gasteiger partial charge in [-0.05, 0) is 43.7 Å². The Morgan fingerprint density at radius 3 is 2.77 bits per heavy atom. The van der Waals surface area contributed by atoms with Crippen molar-refractivity contribution >= 4 is 34.2 Å². The van der Waals surface area contributed by atoms with Crippen LogP contribution in [0.15, 0.2) is 42.5 Å². The van der Waals surface area contributed by atoms with E-state index in [0.717, 1.165) is 28.1 Å². The van der Waals surface area contributed by atoms with E-state index in [-0.39, 0.29) is 12.5 Å². The van der Waals surface area contributed by atoms with E-state index in [4.69, 9.17) is 11.6 Å². The second-order valence-electron chi connectivity index (χ2n) is 5.19. The molecular weight excluding hydrogens is 298 g/mol.